The number of ether oxygens (including phenoxy) is 1. The van der Waals surface area contributed by atoms with E-state index in [0.29, 0.717) is 6.42 Å². The van der Waals surface area contributed by atoms with Crippen LogP contribution in [0.4, 0.5) is 0 Å². The first-order valence-corrected chi connectivity index (χ1v) is 6.79. The van der Waals surface area contributed by atoms with Crippen molar-refractivity contribution in [1.82, 2.24) is 4.72 Å². The Kier molecular flexibility index (Phi) is 5.26. The minimum Gasteiger partial charge on any atom is -0.465 e. The van der Waals surface area contributed by atoms with Crippen LogP contribution < -0.4 is 4.72 Å². The summed E-state index contributed by atoms with van der Waals surface area (Å²) < 4.78 is 30.7. The number of methoxy groups -OCH3 is 1. The minimum absolute atomic E-state index is 0.0171. The number of hydrogen-bond donors (Lipinski definition) is 2. The molecule has 0 bridgehead atoms. The molecule has 0 heterocycles. The third kappa shape index (κ3) is 3.52. The number of aliphatic hydroxyl groups is 1. The van der Waals surface area contributed by atoms with Crippen LogP contribution in [0.5, 0.6) is 0 Å². The number of rotatable bonds is 6. The normalized spacial score (nSPS) is 11.2. The maximum absolute atomic E-state index is 11.9. The topological polar surface area (TPSA) is 92.7 Å². The van der Waals surface area contributed by atoms with Gasteiger partial charge in [-0.1, -0.05) is 12.1 Å². The van der Waals surface area contributed by atoms with Crippen molar-refractivity contribution in [3.63, 3.8) is 0 Å². The molecule has 0 aliphatic carbocycles. The van der Waals surface area contributed by atoms with Gasteiger partial charge in [0.05, 0.1) is 17.6 Å². The lowest BCUT2D eigenvalue weighted by atomic mass is 10.2. The van der Waals surface area contributed by atoms with Crippen LogP contribution in [0, 0.1) is 0 Å². The highest BCUT2D eigenvalue weighted by Crippen LogP contribution is 2.16. The van der Waals surface area contributed by atoms with Crippen LogP contribution in [0.3, 0.4) is 0 Å². The molecule has 7 heteroatoms. The second-order valence-corrected chi connectivity index (χ2v) is 5.20. The number of hydrogen-bond acceptors (Lipinski definition) is 5. The van der Waals surface area contributed by atoms with Crippen molar-refractivity contribution in [1.29, 1.82) is 0 Å². The molecule has 2 N–H and O–H groups in total. The molecule has 100 valence electrons. The summed E-state index contributed by atoms with van der Waals surface area (Å²) in [6, 6.07) is 5.78. The lowest BCUT2D eigenvalue weighted by molar-refractivity contribution is 0.0596. The van der Waals surface area contributed by atoms with Crippen LogP contribution in [-0.4, -0.2) is 39.8 Å². The Morgan fingerprint density at radius 2 is 2.06 bits per heavy atom. The molecule has 6 nitrogen and oxygen atoms in total. The fraction of sp³-hybridized carbons (Fsp3) is 0.364. The van der Waals surface area contributed by atoms with E-state index in [4.69, 9.17) is 5.11 Å². The Labute approximate surface area is 106 Å². The molecule has 0 saturated heterocycles. The highest BCUT2D eigenvalue weighted by molar-refractivity contribution is 7.89. The molecule has 1 aromatic rings. The molecule has 1 aromatic carbocycles. The smallest absolute Gasteiger partial charge is 0.339 e. The Balaban J connectivity index is 3.05. The van der Waals surface area contributed by atoms with Crippen molar-refractivity contribution in [2.75, 3.05) is 20.3 Å². The Morgan fingerprint density at radius 1 is 1.39 bits per heavy atom. The molecule has 0 spiro atoms. The van der Waals surface area contributed by atoms with E-state index in [-0.39, 0.29) is 23.6 Å². The summed E-state index contributed by atoms with van der Waals surface area (Å²) in [6.07, 6.45) is 0.305. The molecule has 0 amide bonds. The second kappa shape index (κ2) is 6.48. The number of sulfonamides is 1. The van der Waals surface area contributed by atoms with Crippen LogP contribution in [0.15, 0.2) is 29.2 Å². The van der Waals surface area contributed by atoms with Crippen molar-refractivity contribution >= 4 is 16.0 Å². The monoisotopic (exact) mass is 273 g/mol. The van der Waals surface area contributed by atoms with Crippen molar-refractivity contribution in [3.05, 3.63) is 29.8 Å². The van der Waals surface area contributed by atoms with E-state index in [1.165, 1.54) is 25.3 Å². The summed E-state index contributed by atoms with van der Waals surface area (Å²) in [4.78, 5) is 11.3. The Bertz CT molecular complexity index is 512. The zero-order valence-corrected chi connectivity index (χ0v) is 10.7. The van der Waals surface area contributed by atoms with Crippen LogP contribution in [0.2, 0.25) is 0 Å². The van der Waals surface area contributed by atoms with E-state index < -0.39 is 16.0 Å². The molecule has 0 atom stereocenters. The molecule has 0 saturated carbocycles. The number of nitrogens with one attached hydrogen (secondary N) is 1. The molecule has 18 heavy (non-hydrogen) atoms. The van der Waals surface area contributed by atoms with Gasteiger partial charge in [-0.15, -0.1) is 0 Å². The van der Waals surface area contributed by atoms with Gasteiger partial charge in [-0.25, -0.2) is 17.9 Å². The van der Waals surface area contributed by atoms with Crippen LogP contribution >= 0.6 is 0 Å². The first-order valence-electron chi connectivity index (χ1n) is 5.31. The van der Waals surface area contributed by atoms with Gasteiger partial charge in [0.1, 0.15) is 0 Å². The Morgan fingerprint density at radius 3 is 2.67 bits per heavy atom. The van der Waals surface area contributed by atoms with E-state index in [9.17, 15) is 13.2 Å². The van der Waals surface area contributed by atoms with Crippen LogP contribution in [-0.2, 0) is 14.8 Å². The standard InChI is InChI=1S/C11H15NO5S/c1-17-11(14)9-5-2-3-6-10(9)18(15,16)12-7-4-8-13/h2-3,5-6,12-13H,4,7-8H2,1H3. The molecule has 0 unspecified atom stereocenters. The van der Waals surface area contributed by atoms with Gasteiger partial charge < -0.3 is 9.84 Å². The highest BCUT2D eigenvalue weighted by Gasteiger charge is 2.21. The first-order chi connectivity index (χ1) is 8.53. The SMILES string of the molecule is COC(=O)c1ccccc1S(=O)(=O)NCCCO. The predicted molar refractivity (Wildman–Crippen MR) is 64.7 cm³/mol. The lowest BCUT2D eigenvalue weighted by Crippen LogP contribution is -2.27. The minimum atomic E-state index is -3.78. The summed E-state index contributed by atoms with van der Waals surface area (Å²) in [5, 5.41) is 8.61. The van der Waals surface area contributed by atoms with Gasteiger partial charge in [-0.3, -0.25) is 0 Å². The number of carbonyl (C=O) groups is 1. The maximum atomic E-state index is 11.9. The lowest BCUT2D eigenvalue weighted by Gasteiger charge is -2.09. The van der Waals surface area contributed by atoms with E-state index >= 15 is 0 Å². The van der Waals surface area contributed by atoms with E-state index in [0.717, 1.165) is 0 Å². The fourth-order valence-electron chi connectivity index (χ4n) is 1.34. The quantitative estimate of drug-likeness (QED) is 0.568. The van der Waals surface area contributed by atoms with Crippen molar-refractivity contribution < 1.29 is 23.1 Å². The van der Waals surface area contributed by atoms with E-state index in [1.54, 1.807) is 6.07 Å². The summed E-state index contributed by atoms with van der Waals surface area (Å²) in [6.45, 7) is -0.00446. The zero-order valence-electron chi connectivity index (χ0n) is 9.92. The molecule has 0 aliphatic rings. The predicted octanol–water partition coefficient (Wildman–Crippen LogP) is 0.134. The van der Waals surface area contributed by atoms with Gasteiger partial charge in [0.2, 0.25) is 10.0 Å². The van der Waals surface area contributed by atoms with E-state index in [2.05, 4.69) is 9.46 Å². The zero-order chi connectivity index (χ0) is 13.6. The van der Waals surface area contributed by atoms with Crippen LogP contribution in [0.25, 0.3) is 0 Å². The molecule has 1 rings (SSSR count). The van der Waals surface area contributed by atoms with Crippen LogP contribution in [0.1, 0.15) is 16.8 Å². The number of aliphatic hydroxyl groups excluding tert-OH is 1. The summed E-state index contributed by atoms with van der Waals surface area (Å²) >= 11 is 0. The summed E-state index contributed by atoms with van der Waals surface area (Å²) in [5.74, 6) is -0.710. The summed E-state index contributed by atoms with van der Waals surface area (Å²) in [5.41, 5.74) is -0.0171. The third-order valence-corrected chi connectivity index (χ3v) is 3.73. The van der Waals surface area contributed by atoms with E-state index in [1.807, 2.05) is 0 Å². The van der Waals surface area contributed by atoms with Gasteiger partial charge in [0.25, 0.3) is 0 Å². The van der Waals surface area contributed by atoms with Crippen molar-refractivity contribution in [2.45, 2.75) is 11.3 Å². The van der Waals surface area contributed by atoms with Gasteiger partial charge in [-0.05, 0) is 18.6 Å². The Hall–Kier alpha value is -1.44. The van der Waals surface area contributed by atoms with Crippen molar-refractivity contribution in [3.8, 4) is 0 Å². The number of esters is 1. The van der Waals surface area contributed by atoms with Gasteiger partial charge in [-0.2, -0.15) is 0 Å². The maximum Gasteiger partial charge on any atom is 0.339 e. The molecular weight excluding hydrogens is 258 g/mol. The van der Waals surface area contributed by atoms with Crippen molar-refractivity contribution in [2.24, 2.45) is 0 Å². The largest absolute Gasteiger partial charge is 0.465 e. The van der Waals surface area contributed by atoms with Gasteiger partial charge in [0, 0.05) is 13.2 Å². The fourth-order valence-corrected chi connectivity index (χ4v) is 2.61. The average Bonchev–Trinajstić information content (AvgIpc) is 2.38. The number of benzene rings is 1. The third-order valence-electron chi connectivity index (χ3n) is 2.21. The molecule has 0 fully saturated rings. The highest BCUT2D eigenvalue weighted by atomic mass is 32.2. The van der Waals surface area contributed by atoms with Gasteiger partial charge >= 0.3 is 5.97 Å². The van der Waals surface area contributed by atoms with Gasteiger partial charge in [0.15, 0.2) is 0 Å². The summed E-state index contributed by atoms with van der Waals surface area (Å²) in [7, 11) is -2.59. The average molecular weight is 273 g/mol. The first kappa shape index (κ1) is 14.6. The molecule has 0 radical (unpaired) electrons. The molecular formula is C11H15NO5S. The molecule has 0 aliphatic heterocycles. The molecule has 0 aromatic heterocycles. The number of carbonyl (C=O) groups excluding carboxylic acids is 1. The second-order valence-electron chi connectivity index (χ2n) is 3.46.